The zero-order valence-corrected chi connectivity index (χ0v) is 15.0. The zero-order valence-electron chi connectivity index (χ0n) is 15.0. The van der Waals surface area contributed by atoms with E-state index >= 15 is 0 Å². The van der Waals surface area contributed by atoms with Crippen LogP contribution in [0.2, 0.25) is 0 Å². The molecule has 1 aromatic heterocycles. The highest BCUT2D eigenvalue weighted by atomic mass is 19.4. The van der Waals surface area contributed by atoms with Gasteiger partial charge in [0.2, 0.25) is 11.7 Å². The van der Waals surface area contributed by atoms with Gasteiger partial charge in [-0.15, -0.1) is 0 Å². The number of carbonyl (C=O) groups excluding carboxylic acids is 1. The number of alkyl halides is 3. The summed E-state index contributed by atoms with van der Waals surface area (Å²) in [7, 11) is 0. The quantitative estimate of drug-likeness (QED) is 0.711. The summed E-state index contributed by atoms with van der Waals surface area (Å²) in [5, 5.41) is 3.37. The number of carbonyl (C=O) groups is 1. The molecule has 0 saturated heterocycles. The smallest absolute Gasteiger partial charge is 0.336 e. The molecular formula is C18H22F3N3O2. The monoisotopic (exact) mass is 369 g/mol. The van der Waals surface area contributed by atoms with Gasteiger partial charge in [0.25, 0.3) is 0 Å². The van der Waals surface area contributed by atoms with Crippen LogP contribution in [0.5, 0.6) is 0 Å². The minimum atomic E-state index is -4.67. The van der Waals surface area contributed by atoms with Crippen LogP contribution < -0.4 is 0 Å². The second kappa shape index (κ2) is 8.33. The van der Waals surface area contributed by atoms with Crippen molar-refractivity contribution in [2.45, 2.75) is 58.8 Å². The van der Waals surface area contributed by atoms with E-state index in [1.807, 2.05) is 25.7 Å². The fourth-order valence-electron chi connectivity index (χ4n) is 2.48. The van der Waals surface area contributed by atoms with E-state index in [1.54, 1.807) is 24.3 Å². The molecule has 1 heterocycles. The van der Waals surface area contributed by atoms with Gasteiger partial charge in [0.05, 0.1) is 0 Å². The minimum absolute atomic E-state index is 0.0962. The van der Waals surface area contributed by atoms with Crippen LogP contribution >= 0.6 is 0 Å². The predicted octanol–water partition coefficient (Wildman–Crippen LogP) is 4.68. The lowest BCUT2D eigenvalue weighted by atomic mass is 10.1. The number of hydrogen-bond donors (Lipinski definition) is 0. The third-order valence-corrected chi connectivity index (χ3v) is 4.14. The van der Waals surface area contributed by atoms with Crippen molar-refractivity contribution < 1.29 is 22.5 Å². The summed E-state index contributed by atoms with van der Waals surface area (Å²) in [5.41, 5.74) is 1.31. The molecule has 1 unspecified atom stereocenters. The van der Waals surface area contributed by atoms with Crippen LogP contribution in [0.25, 0.3) is 11.4 Å². The molecule has 142 valence electrons. The van der Waals surface area contributed by atoms with E-state index in [1.165, 1.54) is 0 Å². The lowest BCUT2D eigenvalue weighted by Crippen LogP contribution is -2.37. The SMILES string of the molecule is CCCC(=O)N(Cc1ccc(-c2noc(C(F)(F)F)n2)cc1)C(C)CC. The van der Waals surface area contributed by atoms with E-state index in [0.717, 1.165) is 18.4 Å². The Morgan fingerprint density at radius 3 is 2.38 bits per heavy atom. The van der Waals surface area contributed by atoms with Gasteiger partial charge in [-0.25, -0.2) is 0 Å². The highest BCUT2D eigenvalue weighted by molar-refractivity contribution is 5.76. The number of benzene rings is 1. The van der Waals surface area contributed by atoms with Gasteiger partial charge in [-0.3, -0.25) is 4.79 Å². The van der Waals surface area contributed by atoms with Crippen LogP contribution in [0, 0.1) is 0 Å². The Bertz CT molecular complexity index is 726. The Hall–Kier alpha value is -2.38. The van der Waals surface area contributed by atoms with Gasteiger partial charge >= 0.3 is 12.1 Å². The Morgan fingerprint density at radius 2 is 1.88 bits per heavy atom. The van der Waals surface area contributed by atoms with Crippen LogP contribution in [-0.4, -0.2) is 27.0 Å². The van der Waals surface area contributed by atoms with Gasteiger partial charge in [-0.05, 0) is 25.3 Å². The Kier molecular flexibility index (Phi) is 6.39. The van der Waals surface area contributed by atoms with Gasteiger partial charge < -0.3 is 9.42 Å². The summed E-state index contributed by atoms with van der Waals surface area (Å²) < 4.78 is 41.9. The first-order valence-corrected chi connectivity index (χ1v) is 8.55. The van der Waals surface area contributed by atoms with E-state index in [-0.39, 0.29) is 17.8 Å². The molecule has 2 aromatic rings. The average molecular weight is 369 g/mol. The lowest BCUT2D eigenvalue weighted by Gasteiger charge is -2.29. The number of aromatic nitrogens is 2. The normalized spacial score (nSPS) is 12.8. The van der Waals surface area contributed by atoms with E-state index in [2.05, 4.69) is 14.7 Å². The molecular weight excluding hydrogens is 347 g/mol. The summed E-state index contributed by atoms with van der Waals surface area (Å²) >= 11 is 0. The summed E-state index contributed by atoms with van der Waals surface area (Å²) in [4.78, 5) is 17.5. The number of nitrogens with zero attached hydrogens (tertiary/aromatic N) is 3. The molecule has 0 aliphatic carbocycles. The molecule has 0 spiro atoms. The Morgan fingerprint density at radius 1 is 1.23 bits per heavy atom. The maximum Gasteiger partial charge on any atom is 0.471 e. The largest absolute Gasteiger partial charge is 0.471 e. The van der Waals surface area contributed by atoms with E-state index in [9.17, 15) is 18.0 Å². The molecule has 5 nitrogen and oxygen atoms in total. The molecule has 0 bridgehead atoms. The highest BCUT2D eigenvalue weighted by Crippen LogP contribution is 2.29. The van der Waals surface area contributed by atoms with Crippen LogP contribution in [-0.2, 0) is 17.5 Å². The summed E-state index contributed by atoms with van der Waals surface area (Å²) in [6.07, 6.45) is -2.55. The van der Waals surface area contributed by atoms with Crippen molar-refractivity contribution in [3.63, 3.8) is 0 Å². The minimum Gasteiger partial charge on any atom is -0.336 e. The van der Waals surface area contributed by atoms with Crippen molar-refractivity contribution in [1.82, 2.24) is 15.0 Å². The van der Waals surface area contributed by atoms with Crippen molar-refractivity contribution in [1.29, 1.82) is 0 Å². The van der Waals surface area contributed by atoms with Crippen molar-refractivity contribution in [2.24, 2.45) is 0 Å². The van der Waals surface area contributed by atoms with Crippen LogP contribution in [0.3, 0.4) is 0 Å². The Balaban J connectivity index is 2.15. The lowest BCUT2D eigenvalue weighted by molar-refractivity contribution is -0.159. The number of rotatable bonds is 7. The predicted molar refractivity (Wildman–Crippen MR) is 89.9 cm³/mol. The molecule has 0 saturated carbocycles. The molecule has 2 rings (SSSR count). The molecule has 26 heavy (non-hydrogen) atoms. The summed E-state index contributed by atoms with van der Waals surface area (Å²) in [5.74, 6) is -1.40. The third kappa shape index (κ3) is 4.83. The fourth-order valence-corrected chi connectivity index (χ4v) is 2.48. The van der Waals surface area contributed by atoms with Crippen molar-refractivity contribution in [2.75, 3.05) is 0 Å². The molecule has 1 aromatic carbocycles. The highest BCUT2D eigenvalue weighted by Gasteiger charge is 2.38. The zero-order chi connectivity index (χ0) is 19.3. The van der Waals surface area contributed by atoms with Gasteiger partial charge in [0, 0.05) is 24.6 Å². The first-order chi connectivity index (χ1) is 12.3. The van der Waals surface area contributed by atoms with Crippen molar-refractivity contribution >= 4 is 5.91 Å². The number of hydrogen-bond acceptors (Lipinski definition) is 4. The second-order valence-corrected chi connectivity index (χ2v) is 6.15. The van der Waals surface area contributed by atoms with Crippen LogP contribution in [0.4, 0.5) is 13.2 Å². The van der Waals surface area contributed by atoms with Gasteiger partial charge in [0.15, 0.2) is 0 Å². The molecule has 8 heteroatoms. The fraction of sp³-hybridized carbons (Fsp3) is 0.500. The first-order valence-electron chi connectivity index (χ1n) is 8.55. The van der Waals surface area contributed by atoms with E-state index < -0.39 is 12.1 Å². The molecule has 1 atom stereocenters. The van der Waals surface area contributed by atoms with Gasteiger partial charge in [-0.2, -0.15) is 18.2 Å². The maximum atomic E-state index is 12.5. The molecule has 0 aliphatic rings. The molecule has 0 N–H and O–H groups in total. The van der Waals surface area contributed by atoms with E-state index in [0.29, 0.717) is 18.5 Å². The number of amides is 1. The topological polar surface area (TPSA) is 59.2 Å². The maximum absolute atomic E-state index is 12.5. The Labute approximate surface area is 150 Å². The summed E-state index contributed by atoms with van der Waals surface area (Å²) in [6.45, 7) is 6.43. The van der Waals surface area contributed by atoms with Crippen molar-refractivity contribution in [3.8, 4) is 11.4 Å². The van der Waals surface area contributed by atoms with Gasteiger partial charge in [-0.1, -0.05) is 43.3 Å². The van der Waals surface area contributed by atoms with Crippen molar-refractivity contribution in [3.05, 3.63) is 35.7 Å². The average Bonchev–Trinajstić information content (AvgIpc) is 3.10. The van der Waals surface area contributed by atoms with Gasteiger partial charge in [0.1, 0.15) is 0 Å². The molecule has 0 fully saturated rings. The first kappa shape index (κ1) is 19.9. The molecule has 0 aliphatic heterocycles. The summed E-state index contributed by atoms with van der Waals surface area (Å²) in [6, 6.07) is 6.88. The molecule has 0 radical (unpaired) electrons. The van der Waals surface area contributed by atoms with Crippen LogP contribution in [0.1, 0.15) is 51.5 Å². The standard InChI is InChI=1S/C18H22F3N3O2/c1-4-6-15(25)24(12(3)5-2)11-13-7-9-14(10-8-13)16-22-17(26-23-16)18(19,20)21/h7-10,12H,4-6,11H2,1-3H3. The van der Waals surface area contributed by atoms with E-state index in [4.69, 9.17) is 0 Å². The van der Waals surface area contributed by atoms with Crippen LogP contribution in [0.15, 0.2) is 28.8 Å². The third-order valence-electron chi connectivity index (χ3n) is 4.14. The molecule has 1 amide bonds. The number of halogens is 3. The second-order valence-electron chi connectivity index (χ2n) is 6.15.